The molecule has 0 bridgehead atoms. The summed E-state index contributed by atoms with van der Waals surface area (Å²) in [4.78, 5) is 9.08. The number of hydrogen-bond donors (Lipinski definition) is 1. The van der Waals surface area contributed by atoms with Gasteiger partial charge in [-0.15, -0.1) is 0 Å². The minimum absolute atomic E-state index is 0.408. The molecule has 1 N–H and O–H groups in total. The molecule has 1 fully saturated rings. The number of hydrogen-bond acceptors (Lipinski definition) is 7. The van der Waals surface area contributed by atoms with E-state index in [9.17, 15) is 0 Å². The summed E-state index contributed by atoms with van der Waals surface area (Å²) in [5, 5.41) is 13.0. The van der Waals surface area contributed by atoms with Gasteiger partial charge >= 0.3 is 0 Å². The standard InChI is InChI=1S/C20H20N6O2/c1-27-18-10-16(15-4-2-3-5-17(15)23-18)19-24-20(28-25-19)13-11-22-26(12-13)14-6-8-21-9-7-14/h2-5,10-12,14,21H,6-9H2,1H3. The first-order valence-corrected chi connectivity index (χ1v) is 9.35. The Labute approximate surface area is 161 Å². The Morgan fingerprint density at radius 2 is 2.04 bits per heavy atom. The fraction of sp³-hybridized carbons (Fsp3) is 0.300. The van der Waals surface area contributed by atoms with E-state index in [0.717, 1.165) is 48.0 Å². The highest BCUT2D eigenvalue weighted by atomic mass is 16.5. The van der Waals surface area contributed by atoms with Gasteiger partial charge in [-0.2, -0.15) is 10.1 Å². The summed E-state index contributed by atoms with van der Waals surface area (Å²) in [6.07, 6.45) is 5.90. The molecule has 1 aliphatic heterocycles. The number of pyridine rings is 1. The van der Waals surface area contributed by atoms with Crippen LogP contribution in [-0.2, 0) is 0 Å². The van der Waals surface area contributed by atoms with Crippen molar-refractivity contribution in [3.05, 3.63) is 42.7 Å². The van der Waals surface area contributed by atoms with Gasteiger partial charge in [0.25, 0.3) is 5.89 Å². The van der Waals surface area contributed by atoms with E-state index in [1.165, 1.54) is 0 Å². The van der Waals surface area contributed by atoms with Gasteiger partial charge in [0, 0.05) is 23.2 Å². The molecule has 1 aromatic carbocycles. The summed E-state index contributed by atoms with van der Waals surface area (Å²) in [7, 11) is 1.59. The Balaban J connectivity index is 1.50. The number of fused-ring (bicyclic) bond motifs is 1. The molecule has 0 spiro atoms. The highest BCUT2D eigenvalue weighted by Crippen LogP contribution is 2.31. The zero-order chi connectivity index (χ0) is 18.9. The molecular weight excluding hydrogens is 356 g/mol. The fourth-order valence-electron chi connectivity index (χ4n) is 3.61. The van der Waals surface area contributed by atoms with Gasteiger partial charge in [0.1, 0.15) is 0 Å². The van der Waals surface area contributed by atoms with Crippen LogP contribution in [0.5, 0.6) is 5.88 Å². The van der Waals surface area contributed by atoms with Gasteiger partial charge in [-0.25, -0.2) is 4.98 Å². The van der Waals surface area contributed by atoms with Crippen LogP contribution in [0.1, 0.15) is 18.9 Å². The van der Waals surface area contributed by atoms with E-state index in [1.807, 2.05) is 41.2 Å². The van der Waals surface area contributed by atoms with Crippen LogP contribution in [0.4, 0.5) is 0 Å². The predicted molar refractivity (Wildman–Crippen MR) is 104 cm³/mol. The van der Waals surface area contributed by atoms with E-state index in [0.29, 0.717) is 23.6 Å². The maximum absolute atomic E-state index is 5.54. The Hall–Kier alpha value is -3.26. The Bertz CT molecular complexity index is 1110. The van der Waals surface area contributed by atoms with Crippen molar-refractivity contribution in [1.82, 2.24) is 30.2 Å². The monoisotopic (exact) mass is 376 g/mol. The number of rotatable bonds is 4. The first kappa shape index (κ1) is 16.9. The number of methoxy groups -OCH3 is 1. The first-order valence-electron chi connectivity index (χ1n) is 9.35. The number of ether oxygens (including phenoxy) is 1. The van der Waals surface area contributed by atoms with E-state index in [1.54, 1.807) is 13.3 Å². The lowest BCUT2D eigenvalue weighted by Gasteiger charge is -2.22. The molecular formula is C20H20N6O2. The van der Waals surface area contributed by atoms with Gasteiger partial charge in [0.2, 0.25) is 11.7 Å². The lowest BCUT2D eigenvalue weighted by molar-refractivity contribution is 0.343. The summed E-state index contributed by atoms with van der Waals surface area (Å²) < 4.78 is 12.9. The lowest BCUT2D eigenvalue weighted by atomic mass is 10.1. The molecule has 5 rings (SSSR count). The van der Waals surface area contributed by atoms with Crippen LogP contribution in [0, 0.1) is 0 Å². The van der Waals surface area contributed by atoms with Gasteiger partial charge in [-0.1, -0.05) is 23.4 Å². The number of para-hydroxylation sites is 1. The van der Waals surface area contributed by atoms with Gasteiger partial charge in [0.05, 0.1) is 30.4 Å². The number of nitrogens with one attached hydrogen (secondary N) is 1. The molecule has 8 heteroatoms. The van der Waals surface area contributed by atoms with Crippen molar-refractivity contribution in [2.75, 3.05) is 20.2 Å². The SMILES string of the molecule is COc1cc(-c2noc(-c3cnn(C4CCNCC4)c3)n2)c2ccccc2n1. The molecule has 28 heavy (non-hydrogen) atoms. The van der Waals surface area contributed by atoms with Crippen LogP contribution in [0.25, 0.3) is 33.7 Å². The lowest BCUT2D eigenvalue weighted by Crippen LogP contribution is -2.29. The van der Waals surface area contributed by atoms with Crippen molar-refractivity contribution in [2.45, 2.75) is 18.9 Å². The van der Waals surface area contributed by atoms with Gasteiger partial charge < -0.3 is 14.6 Å². The molecule has 1 saturated heterocycles. The Morgan fingerprint density at radius 1 is 1.18 bits per heavy atom. The summed E-state index contributed by atoms with van der Waals surface area (Å²) in [6.45, 7) is 2.03. The summed E-state index contributed by atoms with van der Waals surface area (Å²) in [6, 6.07) is 10.1. The van der Waals surface area contributed by atoms with Crippen molar-refractivity contribution < 1.29 is 9.26 Å². The highest BCUT2D eigenvalue weighted by Gasteiger charge is 2.19. The van der Waals surface area contributed by atoms with E-state index in [-0.39, 0.29) is 0 Å². The molecule has 0 atom stereocenters. The molecule has 0 amide bonds. The molecule has 4 aromatic rings. The van der Waals surface area contributed by atoms with Gasteiger partial charge in [-0.3, -0.25) is 4.68 Å². The number of piperidine rings is 1. The molecule has 4 heterocycles. The third-order valence-electron chi connectivity index (χ3n) is 5.10. The molecule has 0 radical (unpaired) electrons. The quantitative estimate of drug-likeness (QED) is 0.585. The molecule has 8 nitrogen and oxygen atoms in total. The fourth-order valence-corrected chi connectivity index (χ4v) is 3.61. The van der Waals surface area contributed by atoms with Crippen LogP contribution in [0.15, 0.2) is 47.2 Å². The van der Waals surface area contributed by atoms with Crippen molar-refractivity contribution in [3.8, 4) is 28.7 Å². The van der Waals surface area contributed by atoms with Crippen LogP contribution < -0.4 is 10.1 Å². The zero-order valence-corrected chi connectivity index (χ0v) is 15.5. The van der Waals surface area contributed by atoms with Gasteiger partial charge in [0.15, 0.2) is 0 Å². The van der Waals surface area contributed by atoms with Crippen molar-refractivity contribution >= 4 is 10.9 Å². The molecule has 0 aliphatic carbocycles. The van der Waals surface area contributed by atoms with Gasteiger partial charge in [-0.05, 0) is 32.0 Å². The van der Waals surface area contributed by atoms with Crippen LogP contribution in [-0.4, -0.2) is 45.1 Å². The second-order valence-electron chi connectivity index (χ2n) is 6.84. The Morgan fingerprint density at radius 3 is 2.89 bits per heavy atom. The normalized spacial score (nSPS) is 15.2. The van der Waals surface area contributed by atoms with Crippen molar-refractivity contribution in [3.63, 3.8) is 0 Å². The van der Waals surface area contributed by atoms with E-state index in [4.69, 9.17) is 9.26 Å². The molecule has 3 aromatic heterocycles. The average molecular weight is 376 g/mol. The van der Waals surface area contributed by atoms with Crippen molar-refractivity contribution in [2.24, 2.45) is 0 Å². The summed E-state index contributed by atoms with van der Waals surface area (Å²) in [5.74, 6) is 1.47. The second-order valence-corrected chi connectivity index (χ2v) is 6.84. The first-order chi connectivity index (χ1) is 13.8. The van der Waals surface area contributed by atoms with E-state index in [2.05, 4.69) is 25.5 Å². The molecule has 0 unspecified atom stereocenters. The molecule has 1 aliphatic rings. The topological polar surface area (TPSA) is 90.9 Å². The molecule has 142 valence electrons. The number of nitrogens with zero attached hydrogens (tertiary/aromatic N) is 5. The third-order valence-corrected chi connectivity index (χ3v) is 5.10. The highest BCUT2D eigenvalue weighted by molar-refractivity contribution is 5.93. The second kappa shape index (κ2) is 7.05. The minimum atomic E-state index is 0.408. The average Bonchev–Trinajstić information content (AvgIpc) is 3.43. The maximum Gasteiger partial charge on any atom is 0.261 e. The number of benzene rings is 1. The van der Waals surface area contributed by atoms with E-state index >= 15 is 0 Å². The molecule has 0 saturated carbocycles. The summed E-state index contributed by atoms with van der Waals surface area (Å²) >= 11 is 0. The third kappa shape index (κ3) is 3.01. The van der Waals surface area contributed by atoms with E-state index < -0.39 is 0 Å². The van der Waals surface area contributed by atoms with Crippen LogP contribution >= 0.6 is 0 Å². The maximum atomic E-state index is 5.54. The van der Waals surface area contributed by atoms with Crippen molar-refractivity contribution in [1.29, 1.82) is 0 Å². The summed E-state index contributed by atoms with van der Waals surface area (Å²) in [5.41, 5.74) is 2.47. The smallest absolute Gasteiger partial charge is 0.261 e. The van der Waals surface area contributed by atoms with Crippen LogP contribution in [0.2, 0.25) is 0 Å². The van der Waals surface area contributed by atoms with Crippen LogP contribution in [0.3, 0.4) is 0 Å². The zero-order valence-electron chi connectivity index (χ0n) is 15.5. The minimum Gasteiger partial charge on any atom is -0.481 e. The Kier molecular flexibility index (Phi) is 4.25. The predicted octanol–water partition coefficient (Wildman–Crippen LogP) is 3.08. The largest absolute Gasteiger partial charge is 0.481 e. The number of aromatic nitrogens is 5.